The van der Waals surface area contributed by atoms with Crippen LogP contribution in [0.2, 0.25) is 0 Å². The smallest absolute Gasteiger partial charge is 0.276 e. The highest BCUT2D eigenvalue weighted by atomic mass is 35.5. The largest absolute Gasteiger partial charge is 1.00 e. The van der Waals surface area contributed by atoms with Crippen LogP contribution in [0.4, 0.5) is 0 Å². The van der Waals surface area contributed by atoms with Gasteiger partial charge in [-0.1, -0.05) is 42.1 Å². The van der Waals surface area contributed by atoms with Gasteiger partial charge in [-0.25, -0.2) is 0 Å². The Morgan fingerprint density at radius 3 is 2.65 bits per heavy atom. The third kappa shape index (κ3) is 4.38. The summed E-state index contributed by atoms with van der Waals surface area (Å²) in [4.78, 5) is 0. The Morgan fingerprint density at radius 1 is 1.18 bits per heavy atom. The van der Waals surface area contributed by atoms with Crippen molar-refractivity contribution in [1.29, 1.82) is 0 Å². The molecule has 0 aliphatic rings. The van der Waals surface area contributed by atoms with Crippen molar-refractivity contribution in [2.75, 3.05) is 6.54 Å². The van der Waals surface area contributed by atoms with E-state index < -0.39 is 0 Å². The zero-order valence-corrected chi connectivity index (χ0v) is 10.7. The average molecular weight is 271 g/mol. The van der Waals surface area contributed by atoms with Gasteiger partial charge in [0.15, 0.2) is 0 Å². The number of aromatic nitrogens is 2. The van der Waals surface area contributed by atoms with Crippen molar-refractivity contribution in [3.05, 3.63) is 41.8 Å². The SMILES string of the molecule is NCCc1nnc(SCc2ccccc2)o1.[Cl-]. The summed E-state index contributed by atoms with van der Waals surface area (Å²) < 4.78 is 5.41. The Bertz CT molecular complexity index is 435. The fourth-order valence-electron chi connectivity index (χ4n) is 1.24. The molecule has 2 rings (SSSR count). The minimum Gasteiger partial charge on any atom is -1.00 e. The summed E-state index contributed by atoms with van der Waals surface area (Å²) in [6.07, 6.45) is 0.638. The van der Waals surface area contributed by atoms with Crippen molar-refractivity contribution in [3.63, 3.8) is 0 Å². The molecule has 2 aromatic rings. The van der Waals surface area contributed by atoms with Crippen molar-refractivity contribution in [2.45, 2.75) is 17.4 Å². The van der Waals surface area contributed by atoms with Crippen LogP contribution >= 0.6 is 11.8 Å². The van der Waals surface area contributed by atoms with E-state index in [9.17, 15) is 0 Å². The maximum atomic E-state index is 5.41. The molecule has 0 aliphatic carbocycles. The highest BCUT2D eigenvalue weighted by Crippen LogP contribution is 2.21. The maximum Gasteiger partial charge on any atom is 0.276 e. The Hall–Kier alpha value is -1.04. The van der Waals surface area contributed by atoms with E-state index in [0.717, 1.165) is 5.75 Å². The molecule has 1 aromatic carbocycles. The summed E-state index contributed by atoms with van der Waals surface area (Å²) in [5, 5.41) is 8.45. The molecule has 2 N–H and O–H groups in total. The number of nitrogens with zero attached hydrogens (tertiary/aromatic N) is 2. The number of thioether (sulfide) groups is 1. The summed E-state index contributed by atoms with van der Waals surface area (Å²) in [6, 6.07) is 10.2. The highest BCUT2D eigenvalue weighted by Gasteiger charge is 2.05. The van der Waals surface area contributed by atoms with E-state index in [-0.39, 0.29) is 12.4 Å². The lowest BCUT2D eigenvalue weighted by Gasteiger charge is -1.96. The number of hydrogen-bond acceptors (Lipinski definition) is 5. The fourth-order valence-corrected chi connectivity index (χ4v) is 1.98. The molecule has 17 heavy (non-hydrogen) atoms. The third-order valence-electron chi connectivity index (χ3n) is 2.01. The van der Waals surface area contributed by atoms with Gasteiger partial charge in [-0.2, -0.15) is 0 Å². The molecule has 0 fully saturated rings. The molecule has 0 spiro atoms. The lowest BCUT2D eigenvalue weighted by molar-refractivity contribution is -0.00000409. The second-order valence-corrected chi connectivity index (χ2v) is 4.20. The minimum atomic E-state index is 0. The lowest BCUT2D eigenvalue weighted by Crippen LogP contribution is -3.00. The van der Waals surface area contributed by atoms with Crippen molar-refractivity contribution in [2.24, 2.45) is 5.73 Å². The van der Waals surface area contributed by atoms with Crippen molar-refractivity contribution < 1.29 is 16.8 Å². The predicted octanol–water partition coefficient (Wildman–Crippen LogP) is -1.13. The van der Waals surface area contributed by atoms with Gasteiger partial charge in [0.05, 0.1) is 0 Å². The van der Waals surface area contributed by atoms with E-state index in [1.165, 1.54) is 17.3 Å². The zero-order valence-electron chi connectivity index (χ0n) is 9.17. The number of nitrogens with two attached hydrogens (primary N) is 1. The molecular formula is C11H13ClN3OS-. The molecular weight excluding hydrogens is 258 g/mol. The predicted molar refractivity (Wildman–Crippen MR) is 63.1 cm³/mol. The van der Waals surface area contributed by atoms with Gasteiger partial charge in [-0.3, -0.25) is 0 Å². The molecule has 1 aromatic heterocycles. The second kappa shape index (κ2) is 7.32. The first kappa shape index (κ1) is 14.0. The molecule has 0 saturated heterocycles. The molecule has 6 heteroatoms. The fraction of sp³-hybridized carbons (Fsp3) is 0.273. The summed E-state index contributed by atoms with van der Waals surface area (Å²) in [7, 11) is 0. The van der Waals surface area contributed by atoms with Crippen molar-refractivity contribution in [1.82, 2.24) is 10.2 Å². The minimum absolute atomic E-state index is 0. The Labute approximate surface area is 110 Å². The molecule has 0 amide bonds. The van der Waals surface area contributed by atoms with Crippen molar-refractivity contribution in [3.8, 4) is 0 Å². The highest BCUT2D eigenvalue weighted by molar-refractivity contribution is 7.98. The van der Waals surface area contributed by atoms with Crippen LogP contribution in [0.3, 0.4) is 0 Å². The van der Waals surface area contributed by atoms with Crippen LogP contribution in [-0.4, -0.2) is 16.7 Å². The summed E-state index contributed by atoms with van der Waals surface area (Å²) >= 11 is 1.54. The van der Waals surface area contributed by atoms with E-state index in [4.69, 9.17) is 10.2 Å². The van der Waals surface area contributed by atoms with Crippen LogP contribution in [0.5, 0.6) is 0 Å². The van der Waals surface area contributed by atoms with Crippen LogP contribution in [0.15, 0.2) is 40.0 Å². The van der Waals surface area contributed by atoms with Gasteiger partial charge in [-0.15, -0.1) is 10.2 Å². The quantitative estimate of drug-likeness (QED) is 0.697. The molecule has 0 aliphatic heterocycles. The number of benzene rings is 1. The number of halogens is 1. The van der Waals surface area contributed by atoms with Gasteiger partial charge in [-0.05, 0) is 5.56 Å². The molecule has 1 heterocycles. The molecule has 92 valence electrons. The van der Waals surface area contributed by atoms with E-state index in [1.54, 1.807) is 0 Å². The Kier molecular flexibility index (Phi) is 6.04. The summed E-state index contributed by atoms with van der Waals surface area (Å²) in [5.74, 6) is 1.45. The number of hydrogen-bond donors (Lipinski definition) is 1. The first-order chi connectivity index (χ1) is 7.88. The van der Waals surface area contributed by atoms with E-state index in [1.807, 2.05) is 18.2 Å². The van der Waals surface area contributed by atoms with Crippen molar-refractivity contribution >= 4 is 11.8 Å². The Balaban J connectivity index is 0.00000144. The zero-order chi connectivity index (χ0) is 11.2. The van der Waals surface area contributed by atoms with Crippen LogP contribution in [0.25, 0.3) is 0 Å². The third-order valence-corrected chi connectivity index (χ3v) is 2.90. The topological polar surface area (TPSA) is 64.9 Å². The molecule has 0 atom stereocenters. The normalized spacial score (nSPS) is 9.94. The second-order valence-electron chi connectivity index (χ2n) is 3.27. The molecule has 0 saturated carbocycles. The van der Waals surface area contributed by atoms with Crippen LogP contribution in [0, 0.1) is 0 Å². The van der Waals surface area contributed by atoms with E-state index >= 15 is 0 Å². The van der Waals surface area contributed by atoms with Gasteiger partial charge in [0, 0.05) is 18.7 Å². The molecule has 0 radical (unpaired) electrons. The average Bonchev–Trinajstić information content (AvgIpc) is 2.76. The van der Waals surface area contributed by atoms with Gasteiger partial charge < -0.3 is 22.6 Å². The van der Waals surface area contributed by atoms with Crippen LogP contribution in [0.1, 0.15) is 11.5 Å². The van der Waals surface area contributed by atoms with Gasteiger partial charge in [0.2, 0.25) is 5.89 Å². The monoisotopic (exact) mass is 270 g/mol. The van der Waals surface area contributed by atoms with Gasteiger partial charge in [0.1, 0.15) is 0 Å². The first-order valence-corrected chi connectivity index (χ1v) is 6.06. The number of rotatable bonds is 5. The lowest BCUT2D eigenvalue weighted by atomic mass is 10.2. The van der Waals surface area contributed by atoms with Gasteiger partial charge >= 0.3 is 0 Å². The van der Waals surface area contributed by atoms with Gasteiger partial charge in [0.25, 0.3) is 5.22 Å². The Morgan fingerprint density at radius 2 is 1.94 bits per heavy atom. The van der Waals surface area contributed by atoms with Crippen LogP contribution < -0.4 is 18.1 Å². The standard InChI is InChI=1S/C11H13N3OS.ClH/c12-7-6-10-13-14-11(15-10)16-8-9-4-2-1-3-5-9;/h1-5H,6-8,12H2;1H/p-1. The van der Waals surface area contributed by atoms with E-state index in [0.29, 0.717) is 24.1 Å². The summed E-state index contributed by atoms with van der Waals surface area (Å²) in [6.45, 7) is 0.533. The molecule has 0 bridgehead atoms. The molecule has 0 unspecified atom stereocenters. The van der Waals surface area contributed by atoms with Crippen LogP contribution in [-0.2, 0) is 12.2 Å². The maximum absolute atomic E-state index is 5.41. The van der Waals surface area contributed by atoms with E-state index in [2.05, 4.69) is 22.3 Å². The summed E-state index contributed by atoms with van der Waals surface area (Å²) in [5.41, 5.74) is 6.64. The first-order valence-electron chi connectivity index (χ1n) is 5.07. The molecule has 4 nitrogen and oxygen atoms in total.